The van der Waals surface area contributed by atoms with E-state index in [1.807, 2.05) is 0 Å². The van der Waals surface area contributed by atoms with Crippen LogP contribution in [0.2, 0.25) is 0 Å². The molecule has 1 nitrogen and oxygen atoms in total. The molecule has 318 valence electrons. The lowest BCUT2D eigenvalue weighted by atomic mass is 9.57. The highest BCUT2D eigenvalue weighted by atomic mass is 32.3. The molecule has 2 atom stereocenters. The van der Waals surface area contributed by atoms with Crippen molar-refractivity contribution in [3.05, 3.63) is 224 Å². The van der Waals surface area contributed by atoms with E-state index in [0.29, 0.717) is 0 Å². The Morgan fingerprint density at radius 1 is 0.431 bits per heavy atom. The molecular weight excluding hydrogens is 803 g/mol. The monoisotopic (exact) mass is 857 g/mol. The summed E-state index contributed by atoms with van der Waals surface area (Å²) in [5.74, 6) is 2.53. The maximum absolute atomic E-state index is 2.56. The Morgan fingerprint density at radius 3 is 1.51 bits per heavy atom. The van der Waals surface area contributed by atoms with Crippen LogP contribution in [-0.4, -0.2) is 0 Å². The predicted octanol–water partition coefficient (Wildman–Crippen LogP) is 18.1. The molecule has 9 aromatic rings. The first-order chi connectivity index (χ1) is 32.0. The van der Waals surface area contributed by atoms with Crippen LogP contribution >= 0.6 is 10.0 Å². The van der Waals surface area contributed by atoms with Crippen molar-refractivity contribution in [1.82, 2.24) is 0 Å². The van der Waals surface area contributed by atoms with E-state index in [2.05, 4.69) is 237 Å². The summed E-state index contributed by atoms with van der Waals surface area (Å²) in [5.41, 5.74) is 12.8. The van der Waals surface area contributed by atoms with Gasteiger partial charge in [0.05, 0.1) is 5.69 Å². The van der Waals surface area contributed by atoms with Gasteiger partial charge in [0.2, 0.25) is 0 Å². The molecule has 0 radical (unpaired) electrons. The van der Waals surface area contributed by atoms with Gasteiger partial charge in [-0.25, -0.2) is 0 Å². The predicted molar refractivity (Wildman–Crippen MR) is 275 cm³/mol. The fraction of sp³-hybridized carbons (Fsp3) is 0.175. The molecule has 3 aliphatic rings. The first-order valence-corrected chi connectivity index (χ1v) is 25.4. The Bertz CT molecular complexity index is 3100. The molecule has 0 aromatic heterocycles. The first-order valence-electron chi connectivity index (χ1n) is 23.7. The van der Waals surface area contributed by atoms with Crippen molar-refractivity contribution in [3.8, 4) is 33.4 Å². The van der Waals surface area contributed by atoms with Crippen LogP contribution in [0.1, 0.15) is 51.5 Å². The summed E-state index contributed by atoms with van der Waals surface area (Å²) in [7, 11) is -1.93. The third-order valence-electron chi connectivity index (χ3n) is 15.1. The fourth-order valence-electron chi connectivity index (χ4n) is 12.7. The number of hydrogen-bond donors (Lipinski definition) is 0. The Kier molecular flexibility index (Phi) is 9.91. The molecule has 9 aromatic carbocycles. The van der Waals surface area contributed by atoms with Crippen LogP contribution < -0.4 is 4.90 Å². The zero-order valence-corrected chi connectivity index (χ0v) is 38.2. The number of benzene rings is 9. The Morgan fingerprint density at radius 2 is 0.908 bits per heavy atom. The molecule has 65 heavy (non-hydrogen) atoms. The second-order valence-electron chi connectivity index (χ2n) is 19.4. The summed E-state index contributed by atoms with van der Waals surface area (Å²) in [6.45, 7) is 5.04. The molecule has 1 aliphatic heterocycles. The van der Waals surface area contributed by atoms with Crippen LogP contribution in [0.25, 0.3) is 44.2 Å². The second kappa shape index (κ2) is 16.1. The standard InChI is InChI=1S/C63H55NS/c1-44-39-45-41-46(40-44)43-63(2,42-45)50-33-37-52(38-34-50)64(51-35-31-48(32-36-51)55-26-16-20-49-19-15-25-54(62(49)55)47-17-5-3-6-18-47)58-27-11-14-30-61(58)65(53-21-7-4-8-22-53)59-28-12-9-23-56(59)57-24-10-13-29-60(57)65/h3-38,44-46H,39-43H2,1-2H3. The number of rotatable bonds is 8. The molecule has 1 heterocycles. The Balaban J connectivity index is 1.05. The van der Waals surface area contributed by atoms with E-state index in [9.17, 15) is 0 Å². The molecule has 12 rings (SSSR count). The smallest absolute Gasteiger partial charge is 0.0592 e. The van der Waals surface area contributed by atoms with Crippen LogP contribution in [0.5, 0.6) is 0 Å². The molecule has 2 bridgehead atoms. The van der Waals surface area contributed by atoms with E-state index in [4.69, 9.17) is 0 Å². The Labute approximate surface area is 386 Å². The Hall–Kier alpha value is -6.61. The molecule has 0 N–H and O–H groups in total. The van der Waals surface area contributed by atoms with Gasteiger partial charge < -0.3 is 4.90 Å². The summed E-state index contributed by atoms with van der Waals surface area (Å²) in [4.78, 5) is 8.06. The lowest BCUT2D eigenvalue weighted by molar-refractivity contribution is 0.0899. The minimum absolute atomic E-state index is 0.201. The van der Waals surface area contributed by atoms with Crippen molar-refractivity contribution >= 4 is 37.9 Å². The maximum Gasteiger partial charge on any atom is 0.0592 e. The van der Waals surface area contributed by atoms with Gasteiger partial charge >= 0.3 is 0 Å². The van der Waals surface area contributed by atoms with Gasteiger partial charge in [-0.15, -0.1) is 10.0 Å². The summed E-state index contributed by atoms with van der Waals surface area (Å²) in [6, 6.07) is 82.5. The van der Waals surface area contributed by atoms with Gasteiger partial charge in [-0.2, -0.15) is 0 Å². The second-order valence-corrected chi connectivity index (χ2v) is 22.4. The van der Waals surface area contributed by atoms with E-state index >= 15 is 0 Å². The zero-order chi connectivity index (χ0) is 43.5. The van der Waals surface area contributed by atoms with Crippen molar-refractivity contribution < 1.29 is 0 Å². The maximum atomic E-state index is 2.56. The van der Waals surface area contributed by atoms with Crippen molar-refractivity contribution in [3.63, 3.8) is 0 Å². The molecule has 0 saturated heterocycles. The summed E-state index contributed by atoms with van der Waals surface area (Å²) >= 11 is 0. The minimum atomic E-state index is -1.93. The third-order valence-corrected chi connectivity index (χ3v) is 19.1. The van der Waals surface area contributed by atoms with Gasteiger partial charge in [0.1, 0.15) is 0 Å². The first kappa shape index (κ1) is 39.9. The highest BCUT2D eigenvalue weighted by Gasteiger charge is 2.44. The van der Waals surface area contributed by atoms with Crippen LogP contribution in [0.3, 0.4) is 0 Å². The molecule has 2 saturated carbocycles. The van der Waals surface area contributed by atoms with E-state index in [1.165, 1.54) is 113 Å². The average molecular weight is 858 g/mol. The van der Waals surface area contributed by atoms with E-state index < -0.39 is 10.0 Å². The van der Waals surface area contributed by atoms with Gasteiger partial charge in [-0.1, -0.05) is 172 Å². The molecule has 0 spiro atoms. The lowest BCUT2D eigenvalue weighted by Crippen LogP contribution is -2.38. The number of fused-ring (bicyclic) bond motifs is 6. The molecular formula is C63H55NS. The van der Waals surface area contributed by atoms with E-state index in [0.717, 1.165) is 23.4 Å². The van der Waals surface area contributed by atoms with Crippen LogP contribution in [-0.2, 0) is 5.41 Å². The van der Waals surface area contributed by atoms with E-state index in [-0.39, 0.29) is 5.41 Å². The van der Waals surface area contributed by atoms with Crippen LogP contribution in [0.15, 0.2) is 238 Å². The van der Waals surface area contributed by atoms with E-state index in [1.54, 1.807) is 0 Å². The normalized spacial score (nSPS) is 21.0. The zero-order valence-electron chi connectivity index (χ0n) is 37.4. The van der Waals surface area contributed by atoms with Crippen molar-refractivity contribution in [1.29, 1.82) is 0 Å². The van der Waals surface area contributed by atoms with Gasteiger partial charge in [-0.05, 0) is 166 Å². The summed E-state index contributed by atoms with van der Waals surface area (Å²) in [5, 5.41) is 2.54. The molecule has 2 aliphatic carbocycles. The fourth-order valence-corrected chi connectivity index (χ4v) is 17.0. The van der Waals surface area contributed by atoms with Crippen molar-refractivity contribution in [2.45, 2.75) is 70.9 Å². The molecule has 2 unspecified atom stereocenters. The average Bonchev–Trinajstić information content (AvgIpc) is 3.65. The minimum Gasteiger partial charge on any atom is -0.309 e. The molecule has 2 heteroatoms. The van der Waals surface area contributed by atoms with Crippen molar-refractivity contribution in [2.24, 2.45) is 17.8 Å². The SMILES string of the molecule is CC1CC2CC(C1)CC(C)(c1ccc(N(c3ccc(-c4cccc5cccc(-c6ccccc6)c45)cc3)c3ccccc3S3(c4ccccc4)c4ccccc4-c4ccccc43)cc1)C2. The topological polar surface area (TPSA) is 3.24 Å². The summed E-state index contributed by atoms with van der Waals surface area (Å²) < 4.78 is 0. The van der Waals surface area contributed by atoms with Gasteiger partial charge in [0.25, 0.3) is 0 Å². The third kappa shape index (κ3) is 6.68. The molecule has 0 amide bonds. The van der Waals surface area contributed by atoms with Crippen LogP contribution in [0.4, 0.5) is 17.1 Å². The number of nitrogens with zero attached hydrogens (tertiary/aromatic N) is 1. The van der Waals surface area contributed by atoms with Crippen LogP contribution in [0, 0.1) is 17.8 Å². The highest BCUT2D eigenvalue weighted by Crippen LogP contribution is 2.81. The quantitative estimate of drug-likeness (QED) is 0.147. The van der Waals surface area contributed by atoms with Gasteiger partial charge in [-0.3, -0.25) is 0 Å². The molecule has 2 fully saturated rings. The highest BCUT2D eigenvalue weighted by molar-refractivity contribution is 8.34. The number of hydrogen-bond acceptors (Lipinski definition) is 1. The number of para-hydroxylation sites is 1. The number of anilines is 3. The van der Waals surface area contributed by atoms with Crippen molar-refractivity contribution in [2.75, 3.05) is 4.90 Å². The largest absolute Gasteiger partial charge is 0.309 e. The van der Waals surface area contributed by atoms with Gasteiger partial charge in [0, 0.05) is 31.0 Å². The van der Waals surface area contributed by atoms with Gasteiger partial charge in [0.15, 0.2) is 0 Å². The lowest BCUT2D eigenvalue weighted by Gasteiger charge is -2.47. The summed E-state index contributed by atoms with van der Waals surface area (Å²) in [6.07, 6.45) is 6.78.